The number of benzene rings is 1. The number of furan rings is 1. The van der Waals surface area contributed by atoms with E-state index in [1.165, 1.54) is 16.9 Å². The molecule has 3 aromatic rings. The Morgan fingerprint density at radius 3 is 2.71 bits per heavy atom. The monoisotopic (exact) mass is 437 g/mol. The van der Waals surface area contributed by atoms with Crippen LogP contribution in [0.25, 0.3) is 12.2 Å². The number of nitriles is 1. The molecular weight excluding hydrogens is 418 g/mol. The second-order valence-electron chi connectivity index (χ2n) is 6.33. The summed E-state index contributed by atoms with van der Waals surface area (Å²) in [6.45, 7) is 1.80. The van der Waals surface area contributed by atoms with Crippen LogP contribution in [0.3, 0.4) is 0 Å². The van der Waals surface area contributed by atoms with Crippen LogP contribution in [-0.4, -0.2) is 23.1 Å². The highest BCUT2D eigenvalue weighted by Gasteiger charge is 2.11. The third kappa shape index (κ3) is 5.81. The van der Waals surface area contributed by atoms with E-state index in [4.69, 9.17) is 14.4 Å². The summed E-state index contributed by atoms with van der Waals surface area (Å²) in [5, 5.41) is 11.6. The molecule has 8 nitrogen and oxygen atoms in total. The van der Waals surface area contributed by atoms with Crippen molar-refractivity contribution in [2.75, 3.05) is 6.61 Å². The number of thiazole rings is 1. The number of esters is 1. The van der Waals surface area contributed by atoms with Gasteiger partial charge < -0.3 is 14.5 Å². The zero-order valence-corrected chi connectivity index (χ0v) is 17.5. The van der Waals surface area contributed by atoms with Crippen LogP contribution in [0.15, 0.2) is 51.9 Å². The molecule has 0 saturated heterocycles. The molecule has 9 heteroatoms. The number of ether oxygens (including phenoxy) is 1. The van der Waals surface area contributed by atoms with Gasteiger partial charge in [-0.25, -0.2) is 4.79 Å². The molecule has 1 amide bonds. The Morgan fingerprint density at radius 1 is 1.29 bits per heavy atom. The lowest BCUT2D eigenvalue weighted by Crippen LogP contribution is -2.38. The first-order valence-electron chi connectivity index (χ1n) is 9.39. The first-order chi connectivity index (χ1) is 15.0. The lowest BCUT2D eigenvalue weighted by molar-refractivity contribution is -0.135. The minimum absolute atomic E-state index is 0.186. The average Bonchev–Trinajstić information content (AvgIpc) is 3.37. The normalized spacial score (nSPS) is 11.9. The second-order valence-corrected chi connectivity index (χ2v) is 7.39. The van der Waals surface area contributed by atoms with E-state index in [1.807, 2.05) is 6.07 Å². The van der Waals surface area contributed by atoms with E-state index in [0.29, 0.717) is 20.5 Å². The van der Waals surface area contributed by atoms with Gasteiger partial charge >= 0.3 is 5.97 Å². The second kappa shape index (κ2) is 10.2. The lowest BCUT2D eigenvalue weighted by atomic mass is 10.1. The molecule has 0 atom stereocenters. The van der Waals surface area contributed by atoms with Crippen molar-refractivity contribution < 1.29 is 18.7 Å². The minimum atomic E-state index is -0.599. The number of nitrogens with one attached hydrogen (secondary N) is 1. The smallest absolute Gasteiger partial charge is 0.333 e. The highest BCUT2D eigenvalue weighted by Crippen LogP contribution is 2.03. The summed E-state index contributed by atoms with van der Waals surface area (Å²) in [6, 6.07) is 12.2. The quantitative estimate of drug-likeness (QED) is 0.549. The zero-order valence-electron chi connectivity index (χ0n) is 16.7. The van der Waals surface area contributed by atoms with Gasteiger partial charge in [0, 0.05) is 0 Å². The van der Waals surface area contributed by atoms with Gasteiger partial charge in [0.1, 0.15) is 17.0 Å². The molecule has 2 heterocycles. The van der Waals surface area contributed by atoms with Gasteiger partial charge in [0.2, 0.25) is 5.91 Å². The maximum Gasteiger partial charge on any atom is 0.333 e. The standard InChI is InChI=1S/C22H19N3O5S/c1-2-29-21(27)11-20-25(14-19(26)24-13-17-4-3-9-30-17)22(28)18(31-20)10-15-5-7-16(12-23)8-6-15/h3-11H,2,13-14H2,1H3,(H,24,26)/b18-10+,20-11+. The molecule has 31 heavy (non-hydrogen) atoms. The van der Waals surface area contributed by atoms with E-state index in [2.05, 4.69) is 5.32 Å². The Balaban J connectivity index is 1.94. The van der Waals surface area contributed by atoms with Gasteiger partial charge in [-0.05, 0) is 42.8 Å². The van der Waals surface area contributed by atoms with E-state index in [1.54, 1.807) is 49.4 Å². The topological polar surface area (TPSA) is 114 Å². The number of aromatic nitrogens is 1. The van der Waals surface area contributed by atoms with Gasteiger partial charge in [0.25, 0.3) is 5.56 Å². The molecule has 0 saturated carbocycles. The fourth-order valence-corrected chi connectivity index (χ4v) is 3.71. The van der Waals surface area contributed by atoms with E-state index < -0.39 is 17.4 Å². The zero-order chi connectivity index (χ0) is 22.2. The van der Waals surface area contributed by atoms with Crippen molar-refractivity contribution in [1.82, 2.24) is 9.88 Å². The summed E-state index contributed by atoms with van der Waals surface area (Å²) in [5.74, 6) is -0.419. The van der Waals surface area contributed by atoms with Crippen molar-refractivity contribution >= 4 is 35.4 Å². The number of carbonyl (C=O) groups excluding carboxylic acids is 2. The van der Waals surface area contributed by atoms with E-state index in [9.17, 15) is 14.4 Å². The van der Waals surface area contributed by atoms with Crippen LogP contribution in [0.5, 0.6) is 0 Å². The average molecular weight is 437 g/mol. The molecule has 0 aliphatic rings. The molecule has 0 unspecified atom stereocenters. The fraction of sp³-hybridized carbons (Fsp3) is 0.182. The summed E-state index contributed by atoms with van der Waals surface area (Å²) in [7, 11) is 0. The molecule has 1 aromatic carbocycles. The molecule has 1 N–H and O–H groups in total. The van der Waals surface area contributed by atoms with Crippen LogP contribution < -0.4 is 20.1 Å². The van der Waals surface area contributed by atoms with E-state index in [0.717, 1.165) is 16.9 Å². The van der Waals surface area contributed by atoms with Crippen LogP contribution in [-0.2, 0) is 27.4 Å². The van der Waals surface area contributed by atoms with Gasteiger partial charge in [0.15, 0.2) is 0 Å². The summed E-state index contributed by atoms with van der Waals surface area (Å²) >= 11 is 1.08. The fourth-order valence-electron chi connectivity index (χ4n) is 2.68. The Hall–Kier alpha value is -3.90. The van der Waals surface area contributed by atoms with E-state index in [-0.39, 0.29) is 19.7 Å². The first-order valence-corrected chi connectivity index (χ1v) is 10.2. The Labute approximate surface area is 181 Å². The van der Waals surface area contributed by atoms with Crippen molar-refractivity contribution in [3.63, 3.8) is 0 Å². The van der Waals surface area contributed by atoms with Crippen molar-refractivity contribution in [1.29, 1.82) is 5.26 Å². The van der Waals surface area contributed by atoms with Gasteiger partial charge in [-0.1, -0.05) is 12.1 Å². The lowest BCUT2D eigenvalue weighted by Gasteiger charge is -2.04. The SMILES string of the molecule is CCOC(=O)/C=c1/s/c(=C/c2ccc(C#N)cc2)c(=O)n1CC(=O)NCc1ccco1. The van der Waals surface area contributed by atoms with Crippen molar-refractivity contribution in [3.05, 3.63) is 79.1 Å². The molecule has 0 aliphatic heterocycles. The highest BCUT2D eigenvalue weighted by molar-refractivity contribution is 7.07. The van der Waals surface area contributed by atoms with Crippen LogP contribution in [0.4, 0.5) is 0 Å². The number of rotatable bonds is 7. The van der Waals surface area contributed by atoms with Crippen LogP contribution in [0.2, 0.25) is 0 Å². The number of nitrogens with zero attached hydrogens (tertiary/aromatic N) is 2. The summed E-state index contributed by atoms with van der Waals surface area (Å²) in [4.78, 5) is 37.3. The predicted molar refractivity (Wildman–Crippen MR) is 114 cm³/mol. The van der Waals surface area contributed by atoms with Crippen molar-refractivity contribution in [2.45, 2.75) is 20.0 Å². The molecule has 0 bridgehead atoms. The van der Waals surface area contributed by atoms with Crippen molar-refractivity contribution in [2.24, 2.45) is 0 Å². The summed E-state index contributed by atoms with van der Waals surface area (Å²) in [5.41, 5.74) is 0.817. The number of hydrogen-bond acceptors (Lipinski definition) is 7. The molecule has 0 radical (unpaired) electrons. The number of amides is 1. The Kier molecular flexibility index (Phi) is 7.19. The van der Waals surface area contributed by atoms with Gasteiger partial charge in [-0.2, -0.15) is 5.26 Å². The summed E-state index contributed by atoms with van der Waals surface area (Å²) < 4.78 is 12.0. The third-order valence-electron chi connectivity index (χ3n) is 4.14. The maximum absolute atomic E-state index is 12.9. The van der Waals surface area contributed by atoms with Crippen LogP contribution in [0.1, 0.15) is 23.8 Å². The predicted octanol–water partition coefficient (Wildman–Crippen LogP) is 0.863. The molecular formula is C22H19N3O5S. The van der Waals surface area contributed by atoms with Crippen molar-refractivity contribution in [3.8, 4) is 6.07 Å². The van der Waals surface area contributed by atoms with Gasteiger partial charge in [-0.15, -0.1) is 11.3 Å². The largest absolute Gasteiger partial charge is 0.467 e. The Morgan fingerprint density at radius 2 is 2.06 bits per heavy atom. The highest BCUT2D eigenvalue weighted by atomic mass is 32.1. The first kappa shape index (κ1) is 21.8. The maximum atomic E-state index is 12.9. The molecule has 0 fully saturated rings. The van der Waals surface area contributed by atoms with Crippen LogP contribution in [0, 0.1) is 11.3 Å². The molecule has 158 valence electrons. The van der Waals surface area contributed by atoms with Gasteiger partial charge in [-0.3, -0.25) is 14.2 Å². The van der Waals surface area contributed by atoms with Gasteiger partial charge in [0.05, 0.1) is 41.7 Å². The Bertz CT molecular complexity index is 1280. The molecule has 0 spiro atoms. The summed E-state index contributed by atoms with van der Waals surface area (Å²) in [6.07, 6.45) is 4.35. The van der Waals surface area contributed by atoms with E-state index >= 15 is 0 Å². The number of carbonyl (C=O) groups is 2. The third-order valence-corrected chi connectivity index (χ3v) is 5.20. The molecule has 2 aromatic heterocycles. The molecule has 3 rings (SSSR count). The number of hydrogen-bond donors (Lipinski definition) is 1. The minimum Gasteiger partial charge on any atom is -0.467 e. The molecule has 0 aliphatic carbocycles. The van der Waals surface area contributed by atoms with Crippen LogP contribution >= 0.6 is 11.3 Å².